The standard InChI is InChI=1S/C9H15N3O2/c1-5(2)8-11-9(14-12-8)7-6(10)3-4-13-7/h5-7H,3-4,10H2,1-2H3. The van der Waals surface area contributed by atoms with E-state index in [1.54, 1.807) is 0 Å². The van der Waals surface area contributed by atoms with Crippen LogP contribution in [0.25, 0.3) is 0 Å². The molecule has 1 aliphatic heterocycles. The first kappa shape index (κ1) is 9.61. The molecule has 2 unspecified atom stereocenters. The predicted octanol–water partition coefficient (Wildman–Crippen LogP) is 0.982. The van der Waals surface area contributed by atoms with Crippen LogP contribution in [0.2, 0.25) is 0 Å². The average molecular weight is 197 g/mol. The van der Waals surface area contributed by atoms with Crippen LogP contribution in [0.3, 0.4) is 0 Å². The van der Waals surface area contributed by atoms with Gasteiger partial charge in [-0.05, 0) is 6.42 Å². The first-order valence-electron chi connectivity index (χ1n) is 4.89. The number of hydrogen-bond acceptors (Lipinski definition) is 5. The molecule has 14 heavy (non-hydrogen) atoms. The van der Waals surface area contributed by atoms with Crippen molar-refractivity contribution in [1.29, 1.82) is 0 Å². The molecule has 2 rings (SSSR count). The van der Waals surface area contributed by atoms with E-state index in [2.05, 4.69) is 10.1 Å². The lowest BCUT2D eigenvalue weighted by Crippen LogP contribution is -2.23. The van der Waals surface area contributed by atoms with Gasteiger partial charge in [0.25, 0.3) is 5.89 Å². The zero-order valence-electron chi connectivity index (χ0n) is 8.43. The van der Waals surface area contributed by atoms with Gasteiger partial charge in [-0.15, -0.1) is 0 Å². The third-order valence-electron chi connectivity index (χ3n) is 2.35. The molecule has 1 saturated heterocycles. The van der Waals surface area contributed by atoms with Crippen LogP contribution in [0.5, 0.6) is 0 Å². The molecule has 2 atom stereocenters. The second-order valence-electron chi connectivity index (χ2n) is 3.89. The van der Waals surface area contributed by atoms with Crippen LogP contribution in [-0.4, -0.2) is 22.8 Å². The number of ether oxygens (including phenoxy) is 1. The van der Waals surface area contributed by atoms with Crippen molar-refractivity contribution >= 4 is 0 Å². The van der Waals surface area contributed by atoms with E-state index >= 15 is 0 Å². The van der Waals surface area contributed by atoms with E-state index in [0.29, 0.717) is 18.3 Å². The maximum atomic E-state index is 5.84. The number of nitrogens with two attached hydrogens (primary N) is 1. The number of rotatable bonds is 2. The molecule has 1 fully saturated rings. The molecule has 2 N–H and O–H groups in total. The minimum atomic E-state index is -0.213. The molecule has 0 amide bonds. The van der Waals surface area contributed by atoms with Crippen molar-refractivity contribution in [3.63, 3.8) is 0 Å². The molecule has 0 aromatic carbocycles. The fourth-order valence-corrected chi connectivity index (χ4v) is 1.46. The summed E-state index contributed by atoms with van der Waals surface area (Å²) in [5.74, 6) is 1.49. The summed E-state index contributed by atoms with van der Waals surface area (Å²) in [5.41, 5.74) is 5.84. The minimum absolute atomic E-state index is 0.0181. The molecule has 0 aliphatic carbocycles. The van der Waals surface area contributed by atoms with Crippen molar-refractivity contribution in [3.05, 3.63) is 11.7 Å². The monoisotopic (exact) mass is 197 g/mol. The van der Waals surface area contributed by atoms with E-state index in [1.807, 2.05) is 13.8 Å². The largest absolute Gasteiger partial charge is 0.367 e. The lowest BCUT2D eigenvalue weighted by Gasteiger charge is -2.08. The molecule has 78 valence electrons. The van der Waals surface area contributed by atoms with Gasteiger partial charge in [0.15, 0.2) is 11.9 Å². The predicted molar refractivity (Wildman–Crippen MR) is 49.7 cm³/mol. The van der Waals surface area contributed by atoms with Crippen LogP contribution in [0.4, 0.5) is 0 Å². The van der Waals surface area contributed by atoms with Crippen molar-refractivity contribution < 1.29 is 9.26 Å². The second-order valence-corrected chi connectivity index (χ2v) is 3.89. The zero-order valence-corrected chi connectivity index (χ0v) is 8.43. The molecule has 5 heteroatoms. The van der Waals surface area contributed by atoms with Crippen LogP contribution < -0.4 is 5.73 Å². The fraction of sp³-hybridized carbons (Fsp3) is 0.778. The smallest absolute Gasteiger partial charge is 0.257 e. The molecule has 2 heterocycles. The number of hydrogen-bond donors (Lipinski definition) is 1. The Hall–Kier alpha value is -0.940. The van der Waals surface area contributed by atoms with Crippen molar-refractivity contribution in [2.45, 2.75) is 38.3 Å². The Labute approximate surface area is 82.6 Å². The molecule has 1 aromatic heterocycles. The van der Waals surface area contributed by atoms with Crippen LogP contribution >= 0.6 is 0 Å². The molecular formula is C9H15N3O2. The quantitative estimate of drug-likeness (QED) is 0.765. The highest BCUT2D eigenvalue weighted by molar-refractivity contribution is 4.98. The topological polar surface area (TPSA) is 74.2 Å². The van der Waals surface area contributed by atoms with E-state index in [0.717, 1.165) is 6.42 Å². The zero-order chi connectivity index (χ0) is 10.1. The molecule has 1 aromatic rings. The Balaban J connectivity index is 2.16. The molecule has 0 radical (unpaired) electrons. The van der Waals surface area contributed by atoms with Gasteiger partial charge in [-0.3, -0.25) is 0 Å². The van der Waals surface area contributed by atoms with Gasteiger partial charge < -0.3 is 15.0 Å². The van der Waals surface area contributed by atoms with Crippen LogP contribution in [0.15, 0.2) is 4.52 Å². The summed E-state index contributed by atoms with van der Waals surface area (Å²) in [6.07, 6.45) is 0.638. The van der Waals surface area contributed by atoms with E-state index in [9.17, 15) is 0 Å². The highest BCUT2D eigenvalue weighted by atomic mass is 16.5. The fourth-order valence-electron chi connectivity index (χ4n) is 1.46. The summed E-state index contributed by atoms with van der Waals surface area (Å²) in [6, 6.07) is -0.0181. The SMILES string of the molecule is CC(C)c1noc(C2OCCC2N)n1. The molecule has 5 nitrogen and oxygen atoms in total. The first-order valence-corrected chi connectivity index (χ1v) is 4.89. The molecule has 0 spiro atoms. The third-order valence-corrected chi connectivity index (χ3v) is 2.35. The van der Waals surface area contributed by atoms with E-state index in [4.69, 9.17) is 15.0 Å². The van der Waals surface area contributed by atoms with Gasteiger partial charge in [-0.25, -0.2) is 0 Å². The normalized spacial score (nSPS) is 27.4. The van der Waals surface area contributed by atoms with Crippen molar-refractivity contribution in [3.8, 4) is 0 Å². The molecular weight excluding hydrogens is 182 g/mol. The minimum Gasteiger partial charge on any atom is -0.367 e. The Morgan fingerprint density at radius 2 is 2.29 bits per heavy atom. The van der Waals surface area contributed by atoms with Gasteiger partial charge in [-0.1, -0.05) is 19.0 Å². The maximum Gasteiger partial charge on any atom is 0.257 e. The van der Waals surface area contributed by atoms with Gasteiger partial charge in [0.1, 0.15) is 0 Å². The van der Waals surface area contributed by atoms with Crippen molar-refractivity contribution in [2.75, 3.05) is 6.61 Å². The summed E-state index contributed by atoms with van der Waals surface area (Å²) in [6.45, 7) is 4.71. The van der Waals surface area contributed by atoms with Crippen molar-refractivity contribution in [2.24, 2.45) is 5.73 Å². The third kappa shape index (κ3) is 1.65. The summed E-state index contributed by atoms with van der Waals surface area (Å²) in [5, 5.41) is 3.87. The van der Waals surface area contributed by atoms with Crippen LogP contribution in [-0.2, 0) is 4.74 Å². The first-order chi connectivity index (χ1) is 6.68. The average Bonchev–Trinajstić information content (AvgIpc) is 2.71. The van der Waals surface area contributed by atoms with Gasteiger partial charge >= 0.3 is 0 Å². The number of aromatic nitrogens is 2. The Morgan fingerprint density at radius 1 is 1.50 bits per heavy atom. The van der Waals surface area contributed by atoms with Gasteiger partial charge in [0, 0.05) is 18.6 Å². The van der Waals surface area contributed by atoms with Crippen LogP contribution in [0.1, 0.15) is 44.0 Å². The van der Waals surface area contributed by atoms with E-state index in [-0.39, 0.29) is 18.1 Å². The van der Waals surface area contributed by atoms with E-state index in [1.165, 1.54) is 0 Å². The Bertz CT molecular complexity index is 311. The lowest BCUT2D eigenvalue weighted by atomic mass is 10.1. The van der Waals surface area contributed by atoms with Gasteiger partial charge in [0.2, 0.25) is 0 Å². The summed E-state index contributed by atoms with van der Waals surface area (Å²) in [7, 11) is 0. The Kier molecular flexibility index (Phi) is 2.52. The molecule has 0 saturated carbocycles. The maximum absolute atomic E-state index is 5.84. The molecule has 0 bridgehead atoms. The second kappa shape index (κ2) is 3.67. The summed E-state index contributed by atoms with van der Waals surface area (Å²) in [4.78, 5) is 4.26. The Morgan fingerprint density at radius 3 is 2.79 bits per heavy atom. The molecule has 1 aliphatic rings. The highest BCUT2D eigenvalue weighted by Gasteiger charge is 2.31. The van der Waals surface area contributed by atoms with Crippen molar-refractivity contribution in [1.82, 2.24) is 10.1 Å². The van der Waals surface area contributed by atoms with Gasteiger partial charge in [0.05, 0.1) is 0 Å². The summed E-state index contributed by atoms with van der Waals surface area (Å²) >= 11 is 0. The van der Waals surface area contributed by atoms with E-state index < -0.39 is 0 Å². The lowest BCUT2D eigenvalue weighted by molar-refractivity contribution is 0.0767. The number of nitrogens with zero attached hydrogens (tertiary/aromatic N) is 2. The highest BCUT2D eigenvalue weighted by Crippen LogP contribution is 2.27. The summed E-state index contributed by atoms with van der Waals surface area (Å²) < 4.78 is 10.5. The van der Waals surface area contributed by atoms with Crippen LogP contribution in [0, 0.1) is 0 Å². The van der Waals surface area contributed by atoms with Gasteiger partial charge in [-0.2, -0.15) is 4.98 Å².